The Labute approximate surface area is 163 Å². The first-order valence-electron chi connectivity index (χ1n) is 8.18. The fraction of sp³-hybridized carbons (Fsp3) is 0.300. The van der Waals surface area contributed by atoms with Crippen LogP contribution in [0, 0.1) is 0 Å². The molecular formula is C20H21Cl2NO3. The van der Waals surface area contributed by atoms with Crippen LogP contribution in [-0.4, -0.2) is 17.5 Å². The number of ketones is 1. The minimum atomic E-state index is -0.651. The molecule has 0 aromatic heterocycles. The van der Waals surface area contributed by atoms with Crippen molar-refractivity contribution in [2.24, 2.45) is 0 Å². The van der Waals surface area contributed by atoms with E-state index in [0.29, 0.717) is 21.2 Å². The Morgan fingerprint density at radius 1 is 1.08 bits per heavy atom. The van der Waals surface area contributed by atoms with Gasteiger partial charge in [0.05, 0.1) is 6.04 Å². The van der Waals surface area contributed by atoms with E-state index in [2.05, 4.69) is 5.32 Å². The Hall–Kier alpha value is -2.04. The maximum atomic E-state index is 12.6. The molecule has 0 aliphatic rings. The topological polar surface area (TPSA) is 55.4 Å². The first kappa shape index (κ1) is 20.3. The molecule has 0 bridgehead atoms. The quantitative estimate of drug-likeness (QED) is 0.649. The van der Waals surface area contributed by atoms with Gasteiger partial charge in [0.2, 0.25) is 0 Å². The van der Waals surface area contributed by atoms with E-state index < -0.39 is 17.7 Å². The highest BCUT2D eigenvalue weighted by Crippen LogP contribution is 2.29. The molecule has 1 N–H and O–H groups in total. The van der Waals surface area contributed by atoms with Gasteiger partial charge in [0.25, 0.3) is 0 Å². The molecule has 0 fully saturated rings. The second-order valence-electron chi connectivity index (χ2n) is 6.86. The monoisotopic (exact) mass is 393 g/mol. The summed E-state index contributed by atoms with van der Waals surface area (Å²) in [6.07, 6.45) is -0.570. The molecule has 0 aliphatic carbocycles. The second-order valence-corrected chi connectivity index (χ2v) is 7.70. The second kappa shape index (κ2) is 8.56. The average Bonchev–Trinajstić information content (AvgIpc) is 2.53. The summed E-state index contributed by atoms with van der Waals surface area (Å²) in [5.41, 5.74) is 0.516. The zero-order chi connectivity index (χ0) is 19.3. The number of nitrogens with one attached hydrogen (secondary N) is 1. The Bertz CT molecular complexity index is 785. The lowest BCUT2D eigenvalue weighted by molar-refractivity contribution is 0.0501. The number of rotatable bonds is 5. The van der Waals surface area contributed by atoms with Gasteiger partial charge in [-0.2, -0.15) is 0 Å². The summed E-state index contributed by atoms with van der Waals surface area (Å²) in [7, 11) is 0. The van der Waals surface area contributed by atoms with Crippen LogP contribution in [-0.2, 0) is 4.74 Å². The van der Waals surface area contributed by atoms with Gasteiger partial charge >= 0.3 is 6.09 Å². The van der Waals surface area contributed by atoms with Crippen molar-refractivity contribution in [3.63, 3.8) is 0 Å². The van der Waals surface area contributed by atoms with E-state index in [9.17, 15) is 9.59 Å². The highest BCUT2D eigenvalue weighted by molar-refractivity contribution is 6.35. The van der Waals surface area contributed by atoms with Crippen LogP contribution in [0.2, 0.25) is 10.0 Å². The van der Waals surface area contributed by atoms with Crippen LogP contribution in [0.1, 0.15) is 49.2 Å². The molecule has 0 aliphatic heterocycles. The fourth-order valence-corrected chi connectivity index (χ4v) is 2.94. The Balaban J connectivity index is 2.26. The Morgan fingerprint density at radius 3 is 2.31 bits per heavy atom. The molecule has 2 aromatic rings. The highest BCUT2D eigenvalue weighted by atomic mass is 35.5. The molecule has 1 atom stereocenters. The van der Waals surface area contributed by atoms with Crippen molar-refractivity contribution in [3.8, 4) is 0 Å². The normalized spacial score (nSPS) is 12.3. The standard InChI is InChI=1S/C20H21Cl2NO3/c1-20(2,3)26-19(25)23-17(15-10-9-14(21)11-16(15)22)12-18(24)13-7-5-4-6-8-13/h4-11,17H,12H2,1-3H3,(H,23,25). The summed E-state index contributed by atoms with van der Waals surface area (Å²) in [5, 5.41) is 3.59. The summed E-state index contributed by atoms with van der Waals surface area (Å²) in [6, 6.07) is 13.2. The van der Waals surface area contributed by atoms with Crippen molar-refractivity contribution in [1.82, 2.24) is 5.32 Å². The molecule has 2 aromatic carbocycles. The van der Waals surface area contributed by atoms with Gasteiger partial charge in [-0.25, -0.2) is 4.79 Å². The molecule has 1 unspecified atom stereocenters. The van der Waals surface area contributed by atoms with E-state index in [1.54, 1.807) is 63.2 Å². The van der Waals surface area contributed by atoms with Crippen LogP contribution in [0.4, 0.5) is 4.79 Å². The van der Waals surface area contributed by atoms with Crippen molar-refractivity contribution in [2.45, 2.75) is 38.8 Å². The molecule has 0 saturated heterocycles. The SMILES string of the molecule is CC(C)(C)OC(=O)NC(CC(=O)c1ccccc1)c1ccc(Cl)cc1Cl. The number of carbonyl (C=O) groups excluding carboxylic acids is 2. The third kappa shape index (κ3) is 6.04. The number of hydrogen-bond donors (Lipinski definition) is 1. The predicted octanol–water partition coefficient (Wildman–Crippen LogP) is 5.83. The molecule has 6 heteroatoms. The number of amides is 1. The lowest BCUT2D eigenvalue weighted by Crippen LogP contribution is -2.36. The summed E-state index contributed by atoms with van der Waals surface area (Å²) in [5.74, 6) is -0.113. The molecule has 4 nitrogen and oxygen atoms in total. The van der Waals surface area contributed by atoms with Gasteiger partial charge in [0.1, 0.15) is 5.60 Å². The third-order valence-electron chi connectivity index (χ3n) is 3.51. The highest BCUT2D eigenvalue weighted by Gasteiger charge is 2.24. The third-order valence-corrected chi connectivity index (χ3v) is 4.08. The largest absolute Gasteiger partial charge is 0.444 e. The van der Waals surface area contributed by atoms with Crippen molar-refractivity contribution >= 4 is 35.1 Å². The number of Topliss-reactive ketones (excluding diaryl/α,β-unsaturated/α-hetero) is 1. The van der Waals surface area contributed by atoms with Crippen LogP contribution in [0.3, 0.4) is 0 Å². The number of benzene rings is 2. The van der Waals surface area contributed by atoms with Crippen LogP contribution in [0.25, 0.3) is 0 Å². The van der Waals surface area contributed by atoms with Crippen LogP contribution in [0.15, 0.2) is 48.5 Å². The molecule has 0 heterocycles. The molecule has 26 heavy (non-hydrogen) atoms. The maximum absolute atomic E-state index is 12.6. The van der Waals surface area contributed by atoms with Crippen molar-refractivity contribution in [3.05, 3.63) is 69.7 Å². The summed E-state index contributed by atoms with van der Waals surface area (Å²) < 4.78 is 5.31. The van der Waals surface area contributed by atoms with Gasteiger partial charge in [-0.1, -0.05) is 59.6 Å². The van der Waals surface area contributed by atoms with Gasteiger partial charge < -0.3 is 10.1 Å². The predicted molar refractivity (Wildman–Crippen MR) is 104 cm³/mol. The van der Waals surface area contributed by atoms with E-state index in [-0.39, 0.29) is 12.2 Å². The van der Waals surface area contributed by atoms with E-state index in [1.807, 2.05) is 6.07 Å². The van der Waals surface area contributed by atoms with Gasteiger partial charge in [-0.05, 0) is 38.5 Å². The zero-order valence-corrected chi connectivity index (χ0v) is 16.4. The number of alkyl carbamates (subject to hydrolysis) is 1. The van der Waals surface area contributed by atoms with E-state index in [4.69, 9.17) is 27.9 Å². The zero-order valence-electron chi connectivity index (χ0n) is 14.9. The van der Waals surface area contributed by atoms with Gasteiger partial charge in [-0.3, -0.25) is 4.79 Å². The number of carbonyl (C=O) groups is 2. The van der Waals surface area contributed by atoms with Gasteiger partial charge in [-0.15, -0.1) is 0 Å². The number of halogens is 2. The van der Waals surface area contributed by atoms with Crippen molar-refractivity contribution in [2.75, 3.05) is 0 Å². The molecule has 0 saturated carbocycles. The molecular weight excluding hydrogens is 373 g/mol. The van der Waals surface area contributed by atoms with Crippen molar-refractivity contribution < 1.29 is 14.3 Å². The van der Waals surface area contributed by atoms with Crippen LogP contribution in [0.5, 0.6) is 0 Å². The summed E-state index contributed by atoms with van der Waals surface area (Å²) >= 11 is 12.2. The van der Waals surface area contributed by atoms with E-state index >= 15 is 0 Å². The minimum Gasteiger partial charge on any atom is -0.444 e. The van der Waals surface area contributed by atoms with Gasteiger partial charge in [0.15, 0.2) is 5.78 Å². The maximum Gasteiger partial charge on any atom is 0.408 e. The van der Waals surface area contributed by atoms with Crippen LogP contribution >= 0.6 is 23.2 Å². The summed E-state index contributed by atoms with van der Waals surface area (Å²) in [4.78, 5) is 24.8. The lowest BCUT2D eigenvalue weighted by Gasteiger charge is -2.24. The lowest BCUT2D eigenvalue weighted by atomic mass is 9.98. The molecule has 0 spiro atoms. The Morgan fingerprint density at radius 2 is 1.73 bits per heavy atom. The minimum absolute atomic E-state index is 0.0462. The first-order chi connectivity index (χ1) is 12.2. The van der Waals surface area contributed by atoms with E-state index in [0.717, 1.165) is 0 Å². The first-order valence-corrected chi connectivity index (χ1v) is 8.94. The smallest absolute Gasteiger partial charge is 0.408 e. The van der Waals surface area contributed by atoms with Crippen LogP contribution < -0.4 is 5.32 Å². The molecule has 0 radical (unpaired) electrons. The molecule has 2 rings (SSSR count). The average molecular weight is 394 g/mol. The number of hydrogen-bond acceptors (Lipinski definition) is 3. The Kier molecular flexibility index (Phi) is 6.68. The van der Waals surface area contributed by atoms with Crippen molar-refractivity contribution in [1.29, 1.82) is 0 Å². The van der Waals surface area contributed by atoms with E-state index in [1.165, 1.54) is 0 Å². The molecule has 1 amide bonds. The number of ether oxygens (including phenoxy) is 1. The fourth-order valence-electron chi connectivity index (χ4n) is 2.40. The van der Waals surface area contributed by atoms with Gasteiger partial charge in [0, 0.05) is 22.0 Å². The molecule has 138 valence electrons. The summed E-state index contributed by atoms with van der Waals surface area (Å²) in [6.45, 7) is 5.31.